The van der Waals surface area contributed by atoms with Gasteiger partial charge in [0.05, 0.1) is 0 Å². The van der Waals surface area contributed by atoms with Crippen molar-refractivity contribution in [2.45, 2.75) is 78.8 Å². The topological polar surface area (TPSA) is 29.3 Å². The first kappa shape index (κ1) is 17.0. The lowest BCUT2D eigenvalue weighted by Gasteiger charge is -2.51. The summed E-state index contributed by atoms with van der Waals surface area (Å²) < 4.78 is 0. The van der Waals surface area contributed by atoms with Gasteiger partial charge in [0.1, 0.15) is 0 Å². The summed E-state index contributed by atoms with van der Waals surface area (Å²) in [6.45, 7) is 16.2. The molecular formula is C17H36N2. The molecule has 114 valence electrons. The zero-order valence-electron chi connectivity index (χ0n) is 14.1. The van der Waals surface area contributed by atoms with Crippen LogP contribution >= 0.6 is 0 Å². The van der Waals surface area contributed by atoms with Crippen LogP contribution in [0.3, 0.4) is 0 Å². The Morgan fingerprint density at radius 3 is 2.00 bits per heavy atom. The molecule has 1 heterocycles. The molecule has 0 aromatic heterocycles. The lowest BCUT2D eigenvalue weighted by molar-refractivity contribution is -0.0106. The molecule has 2 nitrogen and oxygen atoms in total. The third-order valence-corrected chi connectivity index (χ3v) is 4.70. The summed E-state index contributed by atoms with van der Waals surface area (Å²) in [7, 11) is 0. The summed E-state index contributed by atoms with van der Waals surface area (Å²) in [6, 6.07) is 0.685. The summed E-state index contributed by atoms with van der Waals surface area (Å²) in [5.74, 6) is 2.31. The molecule has 0 aromatic carbocycles. The third-order valence-electron chi connectivity index (χ3n) is 4.70. The average molecular weight is 268 g/mol. The second-order valence-corrected chi connectivity index (χ2v) is 7.80. The minimum atomic E-state index is 0.224. The Morgan fingerprint density at radius 2 is 1.63 bits per heavy atom. The molecule has 0 saturated carbocycles. The predicted octanol–water partition coefficient (Wildman–Crippen LogP) is 3.90. The second-order valence-electron chi connectivity index (χ2n) is 7.80. The summed E-state index contributed by atoms with van der Waals surface area (Å²) in [6.07, 6.45) is 5.14. The highest BCUT2D eigenvalue weighted by atomic mass is 15.2. The van der Waals surface area contributed by atoms with Crippen LogP contribution in [0.2, 0.25) is 0 Å². The Balaban J connectivity index is 2.93. The maximum absolute atomic E-state index is 6.29. The summed E-state index contributed by atoms with van der Waals surface area (Å²) >= 11 is 0. The van der Waals surface area contributed by atoms with Crippen LogP contribution in [0, 0.1) is 17.8 Å². The zero-order valence-corrected chi connectivity index (χ0v) is 14.1. The van der Waals surface area contributed by atoms with E-state index in [4.69, 9.17) is 5.73 Å². The number of piperidine rings is 1. The molecule has 2 heteroatoms. The van der Waals surface area contributed by atoms with Crippen molar-refractivity contribution in [1.29, 1.82) is 0 Å². The van der Waals surface area contributed by atoms with Crippen LogP contribution in [0.5, 0.6) is 0 Å². The van der Waals surface area contributed by atoms with E-state index in [-0.39, 0.29) is 5.54 Å². The summed E-state index contributed by atoms with van der Waals surface area (Å²) in [5, 5.41) is 0. The molecule has 1 aliphatic heterocycles. The van der Waals surface area contributed by atoms with Crippen molar-refractivity contribution in [1.82, 2.24) is 4.90 Å². The van der Waals surface area contributed by atoms with Gasteiger partial charge in [-0.15, -0.1) is 0 Å². The molecule has 1 fully saturated rings. The van der Waals surface area contributed by atoms with Crippen LogP contribution in [-0.4, -0.2) is 29.6 Å². The van der Waals surface area contributed by atoms with Crippen molar-refractivity contribution >= 4 is 0 Å². The number of rotatable bonds is 6. The highest BCUT2D eigenvalue weighted by Gasteiger charge is 2.40. The SMILES string of the molecule is CC(C)CC(CN)(CC(C)C)N1CCC(C)CC1C. The molecular weight excluding hydrogens is 232 g/mol. The Hall–Kier alpha value is -0.0800. The van der Waals surface area contributed by atoms with Gasteiger partial charge < -0.3 is 5.73 Å². The third kappa shape index (κ3) is 4.46. The molecule has 0 aromatic rings. The first-order chi connectivity index (χ1) is 8.80. The van der Waals surface area contributed by atoms with Crippen molar-refractivity contribution in [3.63, 3.8) is 0 Å². The zero-order chi connectivity index (χ0) is 14.6. The van der Waals surface area contributed by atoms with Gasteiger partial charge in [-0.2, -0.15) is 0 Å². The Labute approximate surface area is 121 Å². The molecule has 2 atom stereocenters. The quantitative estimate of drug-likeness (QED) is 0.791. The van der Waals surface area contributed by atoms with E-state index in [1.54, 1.807) is 0 Å². The number of likely N-dealkylation sites (tertiary alicyclic amines) is 1. The molecule has 0 radical (unpaired) electrons. The minimum absolute atomic E-state index is 0.224. The number of hydrogen-bond acceptors (Lipinski definition) is 2. The van der Waals surface area contributed by atoms with E-state index < -0.39 is 0 Å². The van der Waals surface area contributed by atoms with Gasteiger partial charge >= 0.3 is 0 Å². The van der Waals surface area contributed by atoms with Gasteiger partial charge in [0, 0.05) is 18.1 Å². The predicted molar refractivity (Wildman–Crippen MR) is 85.3 cm³/mol. The van der Waals surface area contributed by atoms with Crippen molar-refractivity contribution in [2.24, 2.45) is 23.5 Å². The molecule has 2 unspecified atom stereocenters. The summed E-state index contributed by atoms with van der Waals surface area (Å²) in [5.41, 5.74) is 6.51. The standard InChI is InChI=1S/C17H36N2/c1-13(2)10-17(12-18,11-14(3)4)19-8-7-15(5)9-16(19)6/h13-16H,7-12,18H2,1-6H3. The molecule has 1 aliphatic rings. The van der Waals surface area contributed by atoms with Crippen molar-refractivity contribution in [3.8, 4) is 0 Å². The lowest BCUT2D eigenvalue weighted by atomic mass is 9.77. The fourth-order valence-electron chi connectivity index (χ4n) is 4.23. The van der Waals surface area contributed by atoms with E-state index in [2.05, 4.69) is 46.4 Å². The molecule has 1 rings (SSSR count). The van der Waals surface area contributed by atoms with Gasteiger partial charge in [-0.25, -0.2) is 0 Å². The monoisotopic (exact) mass is 268 g/mol. The van der Waals surface area contributed by atoms with Gasteiger partial charge in [0.25, 0.3) is 0 Å². The Kier molecular flexibility index (Phi) is 6.32. The van der Waals surface area contributed by atoms with Crippen LogP contribution in [0.15, 0.2) is 0 Å². The van der Waals surface area contributed by atoms with Crippen molar-refractivity contribution in [3.05, 3.63) is 0 Å². The van der Waals surface area contributed by atoms with E-state index in [1.807, 2.05) is 0 Å². The number of hydrogen-bond donors (Lipinski definition) is 1. The normalized spacial score (nSPS) is 26.4. The fourth-order valence-corrected chi connectivity index (χ4v) is 4.23. The van der Waals surface area contributed by atoms with Gasteiger partial charge in [0.2, 0.25) is 0 Å². The van der Waals surface area contributed by atoms with E-state index in [0.717, 1.165) is 12.5 Å². The highest BCUT2D eigenvalue weighted by molar-refractivity contribution is 4.97. The number of nitrogens with two attached hydrogens (primary N) is 1. The Morgan fingerprint density at radius 1 is 1.11 bits per heavy atom. The molecule has 0 aliphatic carbocycles. The van der Waals surface area contributed by atoms with E-state index in [9.17, 15) is 0 Å². The first-order valence-corrected chi connectivity index (χ1v) is 8.27. The molecule has 1 saturated heterocycles. The van der Waals surface area contributed by atoms with Crippen LogP contribution < -0.4 is 5.73 Å². The Bertz CT molecular complexity index is 250. The second kappa shape index (κ2) is 7.08. The first-order valence-electron chi connectivity index (χ1n) is 8.27. The number of nitrogens with zero attached hydrogens (tertiary/aromatic N) is 1. The lowest BCUT2D eigenvalue weighted by Crippen LogP contribution is -2.60. The molecule has 0 bridgehead atoms. The maximum atomic E-state index is 6.29. The molecule has 0 amide bonds. The van der Waals surface area contributed by atoms with Crippen molar-refractivity contribution in [2.75, 3.05) is 13.1 Å². The van der Waals surface area contributed by atoms with Crippen molar-refractivity contribution < 1.29 is 0 Å². The van der Waals surface area contributed by atoms with Crippen LogP contribution in [0.1, 0.15) is 67.2 Å². The van der Waals surface area contributed by atoms with Crippen LogP contribution in [0.25, 0.3) is 0 Å². The van der Waals surface area contributed by atoms with Gasteiger partial charge in [0.15, 0.2) is 0 Å². The minimum Gasteiger partial charge on any atom is -0.329 e. The van der Waals surface area contributed by atoms with Gasteiger partial charge in [-0.1, -0.05) is 34.6 Å². The molecule has 0 spiro atoms. The van der Waals surface area contributed by atoms with E-state index >= 15 is 0 Å². The van der Waals surface area contributed by atoms with Crippen LogP contribution in [-0.2, 0) is 0 Å². The fraction of sp³-hybridized carbons (Fsp3) is 1.00. The average Bonchev–Trinajstić information content (AvgIpc) is 2.26. The summed E-state index contributed by atoms with van der Waals surface area (Å²) in [4.78, 5) is 2.76. The highest BCUT2D eigenvalue weighted by Crippen LogP contribution is 2.36. The largest absolute Gasteiger partial charge is 0.329 e. The van der Waals surface area contributed by atoms with Gasteiger partial charge in [-0.3, -0.25) is 4.90 Å². The maximum Gasteiger partial charge on any atom is 0.0339 e. The molecule has 19 heavy (non-hydrogen) atoms. The smallest absolute Gasteiger partial charge is 0.0339 e. The van der Waals surface area contributed by atoms with Gasteiger partial charge in [-0.05, 0) is 56.9 Å². The van der Waals surface area contributed by atoms with Crippen LogP contribution in [0.4, 0.5) is 0 Å². The molecule has 2 N–H and O–H groups in total. The van der Waals surface area contributed by atoms with E-state index in [1.165, 1.54) is 32.2 Å². The van der Waals surface area contributed by atoms with E-state index in [0.29, 0.717) is 17.9 Å².